The third-order valence-electron chi connectivity index (χ3n) is 3.36. The number of carbonyl (C=O) groups is 1. The number of alkyl halides is 3. The van der Waals surface area contributed by atoms with Crippen molar-refractivity contribution in [2.75, 3.05) is 5.32 Å². The summed E-state index contributed by atoms with van der Waals surface area (Å²) < 4.78 is 37.6. The molecule has 1 fully saturated rings. The topological polar surface area (TPSA) is 58.1 Å². The zero-order valence-corrected chi connectivity index (χ0v) is 12.7. The molecule has 3 rings (SSSR count). The van der Waals surface area contributed by atoms with Crippen LogP contribution in [0.15, 0.2) is 29.9 Å². The summed E-state index contributed by atoms with van der Waals surface area (Å²) in [6.45, 7) is 0.385. The Labute approximate surface area is 134 Å². The van der Waals surface area contributed by atoms with Crippen molar-refractivity contribution in [3.63, 3.8) is 0 Å². The molecular weight excluding hydrogens is 329 g/mol. The number of amides is 2. The van der Waals surface area contributed by atoms with E-state index in [-0.39, 0.29) is 11.2 Å². The number of hydrogen-bond donors (Lipinski definition) is 1. The molecule has 1 N–H and O–H groups in total. The Balaban J connectivity index is 1.68. The Kier molecular flexibility index (Phi) is 4.20. The number of rotatable bonds is 4. The van der Waals surface area contributed by atoms with Gasteiger partial charge in [-0.15, -0.1) is 11.3 Å². The Morgan fingerprint density at radius 3 is 2.61 bits per heavy atom. The molecule has 122 valence electrons. The molecule has 1 saturated carbocycles. The lowest BCUT2D eigenvalue weighted by Crippen LogP contribution is -2.36. The van der Waals surface area contributed by atoms with Crippen molar-refractivity contribution in [2.45, 2.75) is 31.6 Å². The summed E-state index contributed by atoms with van der Waals surface area (Å²) in [5, 5.41) is 3.29. The zero-order valence-electron chi connectivity index (χ0n) is 11.9. The summed E-state index contributed by atoms with van der Waals surface area (Å²) in [7, 11) is 0. The van der Waals surface area contributed by atoms with E-state index in [9.17, 15) is 18.0 Å². The second-order valence-corrected chi connectivity index (χ2v) is 6.04. The first-order valence-corrected chi connectivity index (χ1v) is 7.80. The van der Waals surface area contributed by atoms with Gasteiger partial charge in [0.2, 0.25) is 0 Å². The van der Waals surface area contributed by atoms with Gasteiger partial charge in [0, 0.05) is 30.4 Å². The van der Waals surface area contributed by atoms with Crippen molar-refractivity contribution in [2.24, 2.45) is 0 Å². The summed E-state index contributed by atoms with van der Waals surface area (Å²) >= 11 is 0.761. The van der Waals surface area contributed by atoms with Gasteiger partial charge in [0.05, 0.1) is 0 Å². The third-order valence-corrected chi connectivity index (χ3v) is 4.12. The van der Waals surface area contributed by atoms with Crippen LogP contribution in [0.1, 0.15) is 24.1 Å². The van der Waals surface area contributed by atoms with Crippen LogP contribution in [0, 0.1) is 0 Å². The van der Waals surface area contributed by atoms with Crippen LogP contribution in [0.25, 0.3) is 0 Å². The van der Waals surface area contributed by atoms with Gasteiger partial charge in [-0.25, -0.2) is 9.78 Å². The van der Waals surface area contributed by atoms with Crippen molar-refractivity contribution in [1.82, 2.24) is 14.9 Å². The van der Waals surface area contributed by atoms with Crippen LogP contribution in [-0.4, -0.2) is 26.9 Å². The van der Waals surface area contributed by atoms with E-state index in [0.29, 0.717) is 6.54 Å². The molecule has 1 aliphatic rings. The maximum Gasteiger partial charge on any atom is 0.434 e. The minimum absolute atomic E-state index is 0.0531. The molecular formula is C14H13F3N4OS. The van der Waals surface area contributed by atoms with Crippen molar-refractivity contribution in [3.05, 3.63) is 41.2 Å². The van der Waals surface area contributed by atoms with E-state index < -0.39 is 17.9 Å². The number of nitrogens with one attached hydrogen (secondary N) is 1. The highest BCUT2D eigenvalue weighted by atomic mass is 32.1. The van der Waals surface area contributed by atoms with E-state index in [1.807, 2.05) is 0 Å². The molecule has 0 aliphatic heterocycles. The monoisotopic (exact) mass is 342 g/mol. The lowest BCUT2D eigenvalue weighted by molar-refractivity contribution is -0.140. The fourth-order valence-corrected chi connectivity index (χ4v) is 2.77. The van der Waals surface area contributed by atoms with Gasteiger partial charge in [-0.1, -0.05) is 0 Å². The summed E-state index contributed by atoms with van der Waals surface area (Å²) in [6, 6.07) is 3.28. The second kappa shape index (κ2) is 6.15. The maximum absolute atomic E-state index is 12.5. The minimum atomic E-state index is -4.51. The highest BCUT2D eigenvalue weighted by Gasteiger charge is 2.35. The summed E-state index contributed by atoms with van der Waals surface area (Å²) in [4.78, 5) is 21.3. The molecule has 5 nitrogen and oxygen atoms in total. The summed E-state index contributed by atoms with van der Waals surface area (Å²) in [5.41, 5.74) is -0.0814. The number of nitrogens with zero attached hydrogens (tertiary/aromatic N) is 3. The van der Waals surface area contributed by atoms with E-state index in [4.69, 9.17) is 0 Å². The molecule has 23 heavy (non-hydrogen) atoms. The van der Waals surface area contributed by atoms with Gasteiger partial charge < -0.3 is 4.90 Å². The normalized spacial score (nSPS) is 14.6. The Bertz CT molecular complexity index is 685. The van der Waals surface area contributed by atoms with Crippen molar-refractivity contribution in [1.29, 1.82) is 0 Å². The molecule has 2 aromatic heterocycles. The molecule has 2 aromatic rings. The number of carbonyl (C=O) groups excluding carboxylic acids is 1. The van der Waals surface area contributed by atoms with E-state index in [1.54, 1.807) is 29.4 Å². The molecule has 2 heterocycles. The predicted molar refractivity (Wildman–Crippen MR) is 78.9 cm³/mol. The standard InChI is InChI=1S/C14H13F3N4OS/c15-14(16,17)11-8-23-12(19-11)20-13(22)21(10-1-2-10)7-9-3-5-18-6-4-9/h3-6,8,10H,1-2,7H2,(H,19,20,22). The molecule has 2 amide bonds. The summed E-state index contributed by atoms with van der Waals surface area (Å²) in [5.74, 6) is 0. The molecule has 0 radical (unpaired) electrons. The Hall–Kier alpha value is -2.16. The fourth-order valence-electron chi connectivity index (χ4n) is 2.06. The molecule has 9 heteroatoms. The first-order valence-electron chi connectivity index (χ1n) is 6.93. The van der Waals surface area contributed by atoms with Crippen LogP contribution in [0.4, 0.5) is 23.1 Å². The third kappa shape index (κ3) is 3.98. The van der Waals surface area contributed by atoms with Gasteiger partial charge in [0.25, 0.3) is 0 Å². The van der Waals surface area contributed by atoms with E-state index in [2.05, 4.69) is 15.3 Å². The lowest BCUT2D eigenvalue weighted by Gasteiger charge is -2.22. The number of aromatic nitrogens is 2. The maximum atomic E-state index is 12.5. The molecule has 1 aliphatic carbocycles. The van der Waals surface area contributed by atoms with Crippen molar-refractivity contribution >= 4 is 22.5 Å². The van der Waals surface area contributed by atoms with E-state index in [0.717, 1.165) is 35.1 Å². The highest BCUT2D eigenvalue weighted by molar-refractivity contribution is 7.13. The number of hydrogen-bond acceptors (Lipinski definition) is 4. The number of anilines is 1. The van der Waals surface area contributed by atoms with Crippen LogP contribution in [0.3, 0.4) is 0 Å². The van der Waals surface area contributed by atoms with Crippen LogP contribution < -0.4 is 5.32 Å². The van der Waals surface area contributed by atoms with Crippen LogP contribution >= 0.6 is 11.3 Å². The number of urea groups is 1. The zero-order chi connectivity index (χ0) is 16.4. The Morgan fingerprint density at radius 2 is 2.04 bits per heavy atom. The SMILES string of the molecule is O=C(Nc1nc(C(F)(F)F)cs1)N(Cc1ccncc1)C1CC1. The van der Waals surface area contributed by atoms with Gasteiger partial charge in [-0.2, -0.15) is 13.2 Å². The van der Waals surface area contributed by atoms with Crippen molar-refractivity contribution < 1.29 is 18.0 Å². The second-order valence-electron chi connectivity index (χ2n) is 5.18. The number of thiazole rings is 1. The van der Waals surface area contributed by atoms with Gasteiger partial charge in [-0.05, 0) is 30.5 Å². The van der Waals surface area contributed by atoms with Gasteiger partial charge in [0.1, 0.15) is 0 Å². The molecule has 0 bridgehead atoms. The lowest BCUT2D eigenvalue weighted by atomic mass is 10.2. The molecule has 0 saturated heterocycles. The highest BCUT2D eigenvalue weighted by Crippen LogP contribution is 2.33. The fraction of sp³-hybridized carbons (Fsp3) is 0.357. The van der Waals surface area contributed by atoms with Crippen molar-refractivity contribution in [3.8, 4) is 0 Å². The largest absolute Gasteiger partial charge is 0.434 e. The smallest absolute Gasteiger partial charge is 0.317 e. The first-order chi connectivity index (χ1) is 10.9. The average Bonchev–Trinajstić information content (AvgIpc) is 3.23. The Morgan fingerprint density at radius 1 is 1.35 bits per heavy atom. The quantitative estimate of drug-likeness (QED) is 0.920. The van der Waals surface area contributed by atoms with Crippen LogP contribution in [0.2, 0.25) is 0 Å². The average molecular weight is 342 g/mol. The predicted octanol–water partition coefficient (Wildman–Crippen LogP) is 3.75. The van der Waals surface area contributed by atoms with E-state index in [1.165, 1.54) is 0 Å². The molecule has 0 spiro atoms. The van der Waals surface area contributed by atoms with Gasteiger partial charge >= 0.3 is 12.2 Å². The van der Waals surface area contributed by atoms with Gasteiger partial charge in [-0.3, -0.25) is 10.3 Å². The van der Waals surface area contributed by atoms with Crippen LogP contribution in [0.5, 0.6) is 0 Å². The van der Waals surface area contributed by atoms with E-state index >= 15 is 0 Å². The first kappa shape index (κ1) is 15.7. The number of pyridine rings is 1. The molecule has 0 atom stereocenters. The van der Waals surface area contributed by atoms with Crippen LogP contribution in [-0.2, 0) is 12.7 Å². The van der Waals surface area contributed by atoms with Gasteiger partial charge in [0.15, 0.2) is 10.8 Å². The summed E-state index contributed by atoms with van der Waals surface area (Å²) in [6.07, 6.45) is 0.546. The minimum Gasteiger partial charge on any atom is -0.317 e. The number of halogens is 3. The molecule has 0 aromatic carbocycles. The molecule has 0 unspecified atom stereocenters.